The maximum Gasteiger partial charge on any atom is 0.242 e. The molecule has 2 aromatic rings. The second-order valence-electron chi connectivity index (χ2n) is 4.46. The van der Waals surface area contributed by atoms with Crippen LogP contribution in [0.25, 0.3) is 0 Å². The van der Waals surface area contributed by atoms with E-state index in [-0.39, 0.29) is 5.91 Å². The monoisotopic (exact) mass is 362 g/mol. The van der Waals surface area contributed by atoms with E-state index in [1.807, 2.05) is 36.4 Å². The average Bonchev–Trinajstić information content (AvgIpc) is 2.50. The number of rotatable bonds is 4. The number of hydrogen-bond acceptors (Lipinski definition) is 2. The SMILES string of the molecule is N#CC(Cc1ccccc1)C(=O)Nc1cccc(Cl)c1Br. The largest absolute Gasteiger partial charge is 0.324 e. The first-order valence-corrected chi connectivity index (χ1v) is 7.47. The molecule has 0 aliphatic carbocycles. The quantitative estimate of drug-likeness (QED) is 0.874. The molecule has 0 radical (unpaired) electrons. The van der Waals surface area contributed by atoms with Crippen LogP contribution < -0.4 is 5.32 Å². The van der Waals surface area contributed by atoms with Crippen LogP contribution in [0.1, 0.15) is 5.56 Å². The maximum atomic E-state index is 12.2. The van der Waals surface area contributed by atoms with E-state index in [1.165, 1.54) is 0 Å². The Bertz CT molecular complexity index is 682. The van der Waals surface area contributed by atoms with Crippen LogP contribution in [0.5, 0.6) is 0 Å². The molecule has 1 atom stereocenters. The fraction of sp³-hybridized carbons (Fsp3) is 0.125. The molecule has 2 aromatic carbocycles. The zero-order chi connectivity index (χ0) is 15.2. The van der Waals surface area contributed by atoms with E-state index in [1.54, 1.807) is 18.2 Å². The van der Waals surface area contributed by atoms with E-state index in [9.17, 15) is 10.1 Å². The smallest absolute Gasteiger partial charge is 0.242 e. The summed E-state index contributed by atoms with van der Waals surface area (Å²) < 4.78 is 0.608. The van der Waals surface area contributed by atoms with Crippen LogP contribution in [0, 0.1) is 17.2 Å². The van der Waals surface area contributed by atoms with Gasteiger partial charge in [0, 0.05) is 0 Å². The van der Waals surface area contributed by atoms with E-state index in [0.717, 1.165) is 5.56 Å². The van der Waals surface area contributed by atoms with Crippen molar-refractivity contribution in [3.05, 3.63) is 63.6 Å². The van der Waals surface area contributed by atoms with E-state index in [2.05, 4.69) is 21.2 Å². The number of nitrogens with zero attached hydrogens (tertiary/aromatic N) is 1. The topological polar surface area (TPSA) is 52.9 Å². The average molecular weight is 364 g/mol. The van der Waals surface area contributed by atoms with E-state index >= 15 is 0 Å². The van der Waals surface area contributed by atoms with Gasteiger partial charge in [-0.25, -0.2) is 0 Å². The highest BCUT2D eigenvalue weighted by Gasteiger charge is 2.19. The standard InChI is InChI=1S/C16H12BrClN2O/c17-15-13(18)7-4-8-14(15)20-16(21)12(10-19)9-11-5-2-1-3-6-11/h1-8,12H,9H2,(H,20,21). The van der Waals surface area contributed by atoms with Gasteiger partial charge in [0.05, 0.1) is 21.3 Å². The van der Waals surface area contributed by atoms with Crippen molar-refractivity contribution in [3.8, 4) is 6.07 Å². The Morgan fingerprint density at radius 3 is 2.62 bits per heavy atom. The van der Waals surface area contributed by atoms with Crippen LogP contribution in [0.2, 0.25) is 5.02 Å². The second kappa shape index (κ2) is 7.26. The molecule has 0 spiro atoms. The Morgan fingerprint density at radius 1 is 1.24 bits per heavy atom. The summed E-state index contributed by atoms with van der Waals surface area (Å²) in [6.45, 7) is 0. The Hall–Kier alpha value is -1.83. The lowest BCUT2D eigenvalue weighted by Gasteiger charge is -2.12. The van der Waals surface area contributed by atoms with Gasteiger partial charge in [-0.3, -0.25) is 4.79 Å². The molecule has 0 aliphatic heterocycles. The lowest BCUT2D eigenvalue weighted by atomic mass is 10.00. The number of nitrogens with one attached hydrogen (secondary N) is 1. The van der Waals surface area contributed by atoms with Gasteiger partial charge in [0.25, 0.3) is 0 Å². The van der Waals surface area contributed by atoms with Gasteiger partial charge in [0.15, 0.2) is 0 Å². The van der Waals surface area contributed by atoms with Crippen molar-refractivity contribution in [3.63, 3.8) is 0 Å². The number of amides is 1. The molecule has 0 aromatic heterocycles. The van der Waals surface area contributed by atoms with Crippen LogP contribution in [-0.4, -0.2) is 5.91 Å². The lowest BCUT2D eigenvalue weighted by molar-refractivity contribution is -0.118. The van der Waals surface area contributed by atoms with Crippen molar-refractivity contribution in [2.75, 3.05) is 5.32 Å². The fourth-order valence-corrected chi connectivity index (χ4v) is 2.40. The highest BCUT2D eigenvalue weighted by Crippen LogP contribution is 2.30. The third kappa shape index (κ3) is 4.07. The minimum atomic E-state index is -0.752. The third-order valence-electron chi connectivity index (χ3n) is 2.96. The van der Waals surface area contributed by atoms with Crippen molar-refractivity contribution in [1.29, 1.82) is 5.26 Å². The highest BCUT2D eigenvalue weighted by molar-refractivity contribution is 9.10. The van der Waals surface area contributed by atoms with Gasteiger partial charge in [0.2, 0.25) is 5.91 Å². The molecule has 1 N–H and O–H groups in total. The Kier molecular flexibility index (Phi) is 5.38. The van der Waals surface area contributed by atoms with Gasteiger partial charge in [-0.15, -0.1) is 0 Å². The summed E-state index contributed by atoms with van der Waals surface area (Å²) in [5.74, 6) is -1.09. The molecule has 2 rings (SSSR count). The summed E-state index contributed by atoms with van der Waals surface area (Å²) in [5.41, 5.74) is 1.50. The summed E-state index contributed by atoms with van der Waals surface area (Å²) in [7, 11) is 0. The van der Waals surface area contributed by atoms with Gasteiger partial charge < -0.3 is 5.32 Å². The van der Waals surface area contributed by atoms with Crippen LogP contribution in [0.15, 0.2) is 53.0 Å². The van der Waals surface area contributed by atoms with E-state index < -0.39 is 5.92 Å². The molecule has 1 unspecified atom stereocenters. The van der Waals surface area contributed by atoms with Crippen molar-refractivity contribution < 1.29 is 4.79 Å². The van der Waals surface area contributed by atoms with Crippen molar-refractivity contribution in [2.45, 2.75) is 6.42 Å². The zero-order valence-electron chi connectivity index (χ0n) is 11.0. The third-order valence-corrected chi connectivity index (χ3v) is 4.36. The molecule has 21 heavy (non-hydrogen) atoms. The first-order valence-electron chi connectivity index (χ1n) is 6.30. The number of hydrogen-bond donors (Lipinski definition) is 1. The molecule has 0 fully saturated rings. The normalized spacial score (nSPS) is 11.5. The summed E-state index contributed by atoms with van der Waals surface area (Å²) in [6, 6.07) is 16.7. The number of benzene rings is 2. The van der Waals surface area contributed by atoms with Crippen LogP contribution in [0.3, 0.4) is 0 Å². The zero-order valence-corrected chi connectivity index (χ0v) is 13.4. The summed E-state index contributed by atoms with van der Waals surface area (Å²) in [6.07, 6.45) is 0.376. The highest BCUT2D eigenvalue weighted by atomic mass is 79.9. The predicted molar refractivity (Wildman–Crippen MR) is 87.0 cm³/mol. The first-order chi connectivity index (χ1) is 10.1. The maximum absolute atomic E-state index is 12.2. The summed E-state index contributed by atoms with van der Waals surface area (Å²) in [4.78, 5) is 12.2. The molecule has 1 amide bonds. The van der Waals surface area contributed by atoms with Crippen molar-refractivity contribution in [1.82, 2.24) is 0 Å². The molecule has 0 saturated heterocycles. The number of nitriles is 1. The number of anilines is 1. The number of halogens is 2. The summed E-state index contributed by atoms with van der Waals surface area (Å²) in [5, 5.41) is 12.4. The first kappa shape index (κ1) is 15.6. The molecular weight excluding hydrogens is 352 g/mol. The Balaban J connectivity index is 2.11. The summed E-state index contributed by atoms with van der Waals surface area (Å²) >= 11 is 9.29. The van der Waals surface area contributed by atoms with Gasteiger partial charge in [-0.2, -0.15) is 5.26 Å². The minimum absolute atomic E-state index is 0.343. The lowest BCUT2D eigenvalue weighted by Crippen LogP contribution is -2.23. The second-order valence-corrected chi connectivity index (χ2v) is 5.66. The van der Waals surface area contributed by atoms with Gasteiger partial charge in [-0.1, -0.05) is 48.0 Å². The minimum Gasteiger partial charge on any atom is -0.324 e. The van der Waals surface area contributed by atoms with Crippen molar-refractivity contribution >= 4 is 39.1 Å². The van der Waals surface area contributed by atoms with E-state index in [0.29, 0.717) is 21.6 Å². The number of carbonyl (C=O) groups is 1. The molecule has 106 valence electrons. The van der Waals surface area contributed by atoms with E-state index in [4.69, 9.17) is 11.6 Å². The molecule has 0 saturated carbocycles. The number of carbonyl (C=O) groups excluding carboxylic acids is 1. The predicted octanol–water partition coefficient (Wildman–Crippen LogP) is 4.42. The Morgan fingerprint density at radius 2 is 1.95 bits per heavy atom. The molecule has 0 bridgehead atoms. The van der Waals surface area contributed by atoms with Gasteiger partial charge >= 0.3 is 0 Å². The van der Waals surface area contributed by atoms with Crippen molar-refractivity contribution in [2.24, 2.45) is 5.92 Å². The molecule has 0 heterocycles. The van der Waals surface area contributed by atoms with Crippen LogP contribution in [0.4, 0.5) is 5.69 Å². The molecule has 0 aliphatic rings. The Labute approximate surface area is 136 Å². The molecule has 5 heteroatoms. The molecular formula is C16H12BrClN2O. The fourth-order valence-electron chi connectivity index (χ4n) is 1.87. The molecule has 3 nitrogen and oxygen atoms in total. The van der Waals surface area contributed by atoms with Crippen LogP contribution in [-0.2, 0) is 11.2 Å². The van der Waals surface area contributed by atoms with Crippen LogP contribution >= 0.6 is 27.5 Å². The van der Waals surface area contributed by atoms with Gasteiger partial charge in [0.1, 0.15) is 5.92 Å². The van der Waals surface area contributed by atoms with Gasteiger partial charge in [-0.05, 0) is 40.0 Å².